The van der Waals surface area contributed by atoms with Crippen LogP contribution in [-0.4, -0.2) is 16.8 Å². The quantitative estimate of drug-likeness (QED) is 0.709. The second-order valence-corrected chi connectivity index (χ2v) is 4.75. The van der Waals surface area contributed by atoms with Gasteiger partial charge in [-0.25, -0.2) is 9.88 Å². The number of hydrogen-bond acceptors (Lipinski definition) is 3. The van der Waals surface area contributed by atoms with Gasteiger partial charge < -0.3 is 0 Å². The molecule has 1 aliphatic heterocycles. The molecule has 2 heterocycles. The predicted octanol–water partition coefficient (Wildman–Crippen LogP) is 2.13. The first-order valence-electron chi connectivity index (χ1n) is 6.23. The van der Waals surface area contributed by atoms with Gasteiger partial charge in [0.15, 0.2) is 0 Å². The molecule has 4 heteroatoms. The van der Waals surface area contributed by atoms with Crippen LogP contribution < -0.4 is 4.90 Å². The van der Waals surface area contributed by atoms with E-state index >= 15 is 0 Å². The number of rotatable bonds is 1. The Morgan fingerprint density at radius 1 is 1.06 bits per heavy atom. The fourth-order valence-electron chi connectivity index (χ4n) is 2.60. The van der Waals surface area contributed by atoms with Gasteiger partial charge in [0.2, 0.25) is 0 Å². The molecule has 1 aromatic heterocycles. The molecular formula is C14H14N2O2. The highest BCUT2D eigenvalue weighted by Gasteiger charge is 2.40. The number of pyridine rings is 1. The normalized spacial score (nSPS) is 19.5. The first-order chi connectivity index (χ1) is 8.68. The Kier molecular flexibility index (Phi) is 2.51. The van der Waals surface area contributed by atoms with Crippen LogP contribution in [0.3, 0.4) is 0 Å². The van der Waals surface area contributed by atoms with Gasteiger partial charge in [-0.15, -0.1) is 0 Å². The summed E-state index contributed by atoms with van der Waals surface area (Å²) in [6, 6.07) is 5.37. The van der Waals surface area contributed by atoms with Crippen molar-refractivity contribution in [3.63, 3.8) is 0 Å². The summed E-state index contributed by atoms with van der Waals surface area (Å²) < 4.78 is 0. The number of aromatic nitrogens is 1. The van der Waals surface area contributed by atoms with E-state index in [4.69, 9.17) is 0 Å². The topological polar surface area (TPSA) is 50.3 Å². The van der Waals surface area contributed by atoms with Crippen molar-refractivity contribution >= 4 is 17.6 Å². The van der Waals surface area contributed by atoms with E-state index in [-0.39, 0.29) is 11.8 Å². The highest BCUT2D eigenvalue weighted by Crippen LogP contribution is 2.34. The standard InChI is InChI=1S/C14H14N2O2/c1-9-5-4-8-12(15-9)16-13(17)10-6-2-3-7-11(10)14(16)18/h4-5,8H,2-3,6-7H2,1H3. The molecule has 0 unspecified atom stereocenters. The van der Waals surface area contributed by atoms with Crippen molar-refractivity contribution in [1.29, 1.82) is 0 Å². The summed E-state index contributed by atoms with van der Waals surface area (Å²) in [7, 11) is 0. The lowest BCUT2D eigenvalue weighted by atomic mass is 9.93. The lowest BCUT2D eigenvalue weighted by Crippen LogP contribution is -2.32. The summed E-state index contributed by atoms with van der Waals surface area (Å²) in [6.07, 6.45) is 3.43. The molecule has 0 radical (unpaired) electrons. The maximum atomic E-state index is 12.3. The molecule has 1 aliphatic carbocycles. The van der Waals surface area contributed by atoms with Crippen LogP contribution in [0.2, 0.25) is 0 Å². The van der Waals surface area contributed by atoms with E-state index in [1.54, 1.807) is 6.07 Å². The first kappa shape index (κ1) is 11.1. The van der Waals surface area contributed by atoms with Gasteiger partial charge >= 0.3 is 0 Å². The zero-order chi connectivity index (χ0) is 12.7. The molecule has 2 aliphatic rings. The molecule has 0 spiro atoms. The lowest BCUT2D eigenvalue weighted by molar-refractivity contribution is -0.120. The molecule has 0 N–H and O–H groups in total. The van der Waals surface area contributed by atoms with Gasteiger partial charge in [-0.1, -0.05) is 6.07 Å². The largest absolute Gasteiger partial charge is 0.269 e. The van der Waals surface area contributed by atoms with Crippen molar-refractivity contribution in [2.75, 3.05) is 4.90 Å². The van der Waals surface area contributed by atoms with E-state index in [9.17, 15) is 9.59 Å². The van der Waals surface area contributed by atoms with Crippen LogP contribution in [0.15, 0.2) is 29.3 Å². The smallest absolute Gasteiger partial charge is 0.262 e. The molecule has 3 rings (SSSR count). The summed E-state index contributed by atoms with van der Waals surface area (Å²) in [6.45, 7) is 1.85. The molecule has 1 aromatic rings. The number of aryl methyl sites for hydroxylation is 1. The Labute approximate surface area is 105 Å². The van der Waals surface area contributed by atoms with Gasteiger partial charge in [-0.3, -0.25) is 9.59 Å². The molecule has 0 bridgehead atoms. The zero-order valence-corrected chi connectivity index (χ0v) is 10.3. The number of nitrogens with zero attached hydrogens (tertiary/aromatic N) is 2. The fourth-order valence-corrected chi connectivity index (χ4v) is 2.60. The molecule has 0 aromatic carbocycles. The first-order valence-corrected chi connectivity index (χ1v) is 6.23. The third-order valence-electron chi connectivity index (χ3n) is 3.49. The van der Waals surface area contributed by atoms with Gasteiger partial charge in [0.25, 0.3) is 11.8 Å². The predicted molar refractivity (Wildman–Crippen MR) is 67.0 cm³/mol. The van der Waals surface area contributed by atoms with E-state index < -0.39 is 0 Å². The van der Waals surface area contributed by atoms with Crippen molar-refractivity contribution in [1.82, 2.24) is 4.98 Å². The van der Waals surface area contributed by atoms with E-state index in [1.165, 1.54) is 4.90 Å². The van der Waals surface area contributed by atoms with Gasteiger partial charge in [0.1, 0.15) is 5.82 Å². The van der Waals surface area contributed by atoms with E-state index in [2.05, 4.69) is 4.98 Å². The SMILES string of the molecule is Cc1cccc(N2C(=O)C3=C(CCCC3)C2=O)n1. The van der Waals surface area contributed by atoms with Gasteiger partial charge in [0.05, 0.1) is 0 Å². The van der Waals surface area contributed by atoms with Gasteiger partial charge in [-0.05, 0) is 44.7 Å². The summed E-state index contributed by atoms with van der Waals surface area (Å²) in [5, 5.41) is 0. The van der Waals surface area contributed by atoms with Crippen molar-refractivity contribution in [2.24, 2.45) is 0 Å². The summed E-state index contributed by atoms with van der Waals surface area (Å²) in [4.78, 5) is 30.0. The number of anilines is 1. The third-order valence-corrected chi connectivity index (χ3v) is 3.49. The highest BCUT2D eigenvalue weighted by molar-refractivity contribution is 6.32. The van der Waals surface area contributed by atoms with Gasteiger partial charge in [0, 0.05) is 16.8 Å². The molecule has 92 valence electrons. The average Bonchev–Trinajstić information content (AvgIpc) is 2.63. The third kappa shape index (κ3) is 1.56. The van der Waals surface area contributed by atoms with Crippen LogP contribution in [-0.2, 0) is 9.59 Å². The maximum absolute atomic E-state index is 12.3. The van der Waals surface area contributed by atoms with Crippen molar-refractivity contribution in [2.45, 2.75) is 32.6 Å². The minimum absolute atomic E-state index is 0.173. The minimum atomic E-state index is -0.173. The molecule has 4 nitrogen and oxygen atoms in total. The van der Waals surface area contributed by atoms with Crippen LogP contribution in [0.1, 0.15) is 31.4 Å². The lowest BCUT2D eigenvalue weighted by Gasteiger charge is -2.14. The summed E-state index contributed by atoms with van der Waals surface area (Å²) >= 11 is 0. The van der Waals surface area contributed by atoms with Crippen LogP contribution in [0.5, 0.6) is 0 Å². The van der Waals surface area contributed by atoms with Gasteiger partial charge in [-0.2, -0.15) is 0 Å². The second-order valence-electron chi connectivity index (χ2n) is 4.75. The molecular weight excluding hydrogens is 228 g/mol. The Bertz CT molecular complexity index is 547. The summed E-state index contributed by atoms with van der Waals surface area (Å²) in [5.74, 6) is 0.0972. The maximum Gasteiger partial charge on any atom is 0.262 e. The number of hydrogen-bond donors (Lipinski definition) is 0. The Morgan fingerprint density at radius 2 is 1.67 bits per heavy atom. The Balaban J connectivity index is 2.02. The Hall–Kier alpha value is -1.97. The van der Waals surface area contributed by atoms with Crippen LogP contribution in [0.4, 0.5) is 5.82 Å². The van der Waals surface area contributed by atoms with Crippen LogP contribution in [0, 0.1) is 6.92 Å². The Morgan fingerprint density at radius 3 is 2.22 bits per heavy atom. The molecule has 0 fully saturated rings. The van der Waals surface area contributed by atoms with Crippen molar-refractivity contribution < 1.29 is 9.59 Å². The minimum Gasteiger partial charge on any atom is -0.269 e. The molecule has 0 saturated heterocycles. The average molecular weight is 242 g/mol. The molecule has 18 heavy (non-hydrogen) atoms. The molecule has 0 atom stereocenters. The zero-order valence-electron chi connectivity index (χ0n) is 10.3. The second kappa shape index (κ2) is 4.05. The fraction of sp³-hybridized carbons (Fsp3) is 0.357. The van der Waals surface area contributed by atoms with Crippen LogP contribution >= 0.6 is 0 Å². The molecule has 2 amide bonds. The highest BCUT2D eigenvalue weighted by atomic mass is 16.2. The monoisotopic (exact) mass is 242 g/mol. The van der Waals surface area contributed by atoms with E-state index in [0.717, 1.165) is 31.4 Å². The number of amides is 2. The van der Waals surface area contributed by atoms with Crippen LogP contribution in [0.25, 0.3) is 0 Å². The number of carbonyl (C=O) groups excluding carboxylic acids is 2. The van der Waals surface area contributed by atoms with Crippen molar-refractivity contribution in [3.8, 4) is 0 Å². The summed E-state index contributed by atoms with van der Waals surface area (Å²) in [5.41, 5.74) is 2.21. The molecule has 0 saturated carbocycles. The van der Waals surface area contributed by atoms with Crippen molar-refractivity contribution in [3.05, 3.63) is 35.0 Å². The van der Waals surface area contributed by atoms with E-state index in [1.807, 2.05) is 19.1 Å². The number of imide groups is 1. The number of carbonyl (C=O) groups is 2. The van der Waals surface area contributed by atoms with E-state index in [0.29, 0.717) is 17.0 Å².